The molecule has 0 aliphatic heterocycles. The molecule has 0 saturated carbocycles. The summed E-state index contributed by atoms with van der Waals surface area (Å²) in [6, 6.07) is 5.77. The van der Waals surface area contributed by atoms with Crippen molar-refractivity contribution >= 4 is 43.2 Å². The van der Waals surface area contributed by atoms with E-state index in [9.17, 15) is 0 Å². The van der Waals surface area contributed by atoms with Crippen LogP contribution in [0.5, 0.6) is 10.9 Å². The minimum atomic E-state index is 0.531. The molecule has 1 aromatic heterocycles. The second-order valence-electron chi connectivity index (χ2n) is 2.83. The van der Waals surface area contributed by atoms with Gasteiger partial charge in [0, 0.05) is 4.47 Å². The quantitative estimate of drug-likeness (QED) is 0.816. The molecule has 0 spiro atoms. The number of hydrogen-bond acceptors (Lipinski definition) is 4. The van der Waals surface area contributed by atoms with Crippen LogP contribution in [0.3, 0.4) is 0 Å². The number of ether oxygens (including phenoxy) is 1. The lowest BCUT2D eigenvalue weighted by atomic mass is 10.2. The Balaban J connectivity index is 2.21. The summed E-state index contributed by atoms with van der Waals surface area (Å²) in [6.07, 6.45) is 0. The number of benzene rings is 1. The van der Waals surface area contributed by atoms with E-state index < -0.39 is 0 Å². The van der Waals surface area contributed by atoms with Gasteiger partial charge in [0.15, 0.2) is 3.92 Å². The first-order valence-electron chi connectivity index (χ1n) is 4.08. The minimum absolute atomic E-state index is 0.531. The molecule has 0 aliphatic rings. The van der Waals surface area contributed by atoms with Crippen LogP contribution >= 0.6 is 43.2 Å². The third kappa shape index (κ3) is 2.76. The predicted octanol–water partition coefficient (Wildman–Crippen LogP) is 4.16. The zero-order valence-corrected chi connectivity index (χ0v) is 11.7. The Labute approximate surface area is 108 Å². The summed E-state index contributed by atoms with van der Waals surface area (Å²) < 4.78 is 7.31. The number of halogens is 2. The van der Waals surface area contributed by atoms with E-state index in [0.717, 1.165) is 15.8 Å². The van der Waals surface area contributed by atoms with Gasteiger partial charge in [-0.25, -0.2) is 0 Å². The second-order valence-corrected chi connectivity index (χ2v) is 5.90. The van der Waals surface area contributed by atoms with Crippen LogP contribution in [0.2, 0.25) is 0 Å². The lowest BCUT2D eigenvalue weighted by Gasteiger charge is -2.03. The van der Waals surface area contributed by atoms with E-state index in [4.69, 9.17) is 4.74 Å². The Kier molecular flexibility index (Phi) is 3.38. The normalized spacial score (nSPS) is 10.3. The molecule has 1 aromatic carbocycles. The summed E-state index contributed by atoms with van der Waals surface area (Å²) in [5, 5.41) is 8.19. The smallest absolute Gasteiger partial charge is 0.300 e. The maximum Gasteiger partial charge on any atom is 0.300 e. The van der Waals surface area contributed by atoms with Crippen molar-refractivity contribution in [3.63, 3.8) is 0 Å². The SMILES string of the molecule is Cc1cc(Oc2nnc(Br)s2)ccc1Br. The fourth-order valence-corrected chi connectivity index (χ4v) is 2.20. The van der Waals surface area contributed by atoms with E-state index in [1.54, 1.807) is 0 Å². The van der Waals surface area contributed by atoms with Gasteiger partial charge in [0.25, 0.3) is 5.19 Å². The number of aryl methyl sites for hydroxylation is 1. The Morgan fingerprint density at radius 3 is 2.67 bits per heavy atom. The molecule has 0 N–H and O–H groups in total. The summed E-state index contributed by atoms with van der Waals surface area (Å²) in [5.74, 6) is 0.763. The highest BCUT2D eigenvalue weighted by atomic mass is 79.9. The van der Waals surface area contributed by atoms with Gasteiger partial charge in [-0.3, -0.25) is 0 Å². The average Bonchev–Trinajstić information content (AvgIpc) is 2.58. The summed E-state index contributed by atoms with van der Waals surface area (Å²) in [7, 11) is 0. The van der Waals surface area contributed by atoms with Crippen LogP contribution in [0.1, 0.15) is 5.56 Å². The standard InChI is InChI=1S/C9H6Br2N2OS/c1-5-4-6(2-3-7(5)10)14-9-13-12-8(11)15-9/h2-4H,1H3. The maximum absolute atomic E-state index is 5.53. The summed E-state index contributed by atoms with van der Waals surface area (Å²) >= 11 is 8.01. The van der Waals surface area contributed by atoms with E-state index >= 15 is 0 Å². The van der Waals surface area contributed by atoms with Crippen LogP contribution in [0.4, 0.5) is 0 Å². The van der Waals surface area contributed by atoms with Crippen LogP contribution in [0, 0.1) is 6.92 Å². The maximum atomic E-state index is 5.53. The third-order valence-corrected chi connectivity index (χ3v) is 3.84. The molecule has 1 heterocycles. The summed E-state index contributed by atoms with van der Waals surface area (Å²) in [5.41, 5.74) is 1.12. The molecular weight excluding hydrogens is 344 g/mol. The van der Waals surface area contributed by atoms with Crippen molar-refractivity contribution in [3.8, 4) is 10.9 Å². The van der Waals surface area contributed by atoms with Crippen molar-refractivity contribution in [1.82, 2.24) is 10.2 Å². The molecule has 78 valence electrons. The van der Waals surface area contributed by atoms with Crippen molar-refractivity contribution in [2.75, 3.05) is 0 Å². The Morgan fingerprint density at radius 2 is 2.07 bits per heavy atom. The van der Waals surface area contributed by atoms with E-state index in [1.165, 1.54) is 11.3 Å². The Hall–Kier alpha value is -0.460. The molecular formula is C9H6Br2N2OS. The Morgan fingerprint density at radius 1 is 1.27 bits per heavy atom. The van der Waals surface area contributed by atoms with E-state index in [0.29, 0.717) is 9.11 Å². The lowest BCUT2D eigenvalue weighted by molar-refractivity contribution is 0.472. The molecule has 0 bridgehead atoms. The van der Waals surface area contributed by atoms with Gasteiger partial charge in [-0.1, -0.05) is 21.0 Å². The van der Waals surface area contributed by atoms with Gasteiger partial charge in [0.05, 0.1) is 0 Å². The highest BCUT2D eigenvalue weighted by molar-refractivity contribution is 9.11. The first-order valence-corrected chi connectivity index (χ1v) is 6.48. The molecule has 2 aromatic rings. The van der Waals surface area contributed by atoms with Gasteiger partial charge in [-0.15, -0.1) is 5.10 Å². The molecule has 3 nitrogen and oxygen atoms in total. The zero-order valence-electron chi connectivity index (χ0n) is 7.70. The average molecular weight is 350 g/mol. The largest absolute Gasteiger partial charge is 0.430 e. The third-order valence-electron chi connectivity index (χ3n) is 1.72. The number of hydrogen-bond donors (Lipinski definition) is 0. The number of rotatable bonds is 2. The highest BCUT2D eigenvalue weighted by Gasteiger charge is 2.04. The van der Waals surface area contributed by atoms with E-state index in [2.05, 4.69) is 42.1 Å². The molecule has 0 unspecified atom stereocenters. The molecule has 15 heavy (non-hydrogen) atoms. The van der Waals surface area contributed by atoms with Crippen LogP contribution in [-0.2, 0) is 0 Å². The van der Waals surface area contributed by atoms with Crippen molar-refractivity contribution in [2.24, 2.45) is 0 Å². The summed E-state index contributed by atoms with van der Waals surface area (Å²) in [6.45, 7) is 2.01. The van der Waals surface area contributed by atoms with Crippen LogP contribution in [0.15, 0.2) is 26.6 Å². The van der Waals surface area contributed by atoms with Crippen molar-refractivity contribution in [3.05, 3.63) is 32.2 Å². The second kappa shape index (κ2) is 4.59. The molecule has 0 fully saturated rings. The monoisotopic (exact) mass is 348 g/mol. The highest BCUT2D eigenvalue weighted by Crippen LogP contribution is 2.29. The number of aromatic nitrogens is 2. The molecule has 2 rings (SSSR count). The molecule has 0 atom stereocenters. The van der Waals surface area contributed by atoms with Crippen molar-refractivity contribution in [2.45, 2.75) is 6.92 Å². The van der Waals surface area contributed by atoms with Crippen molar-refractivity contribution < 1.29 is 4.74 Å². The number of nitrogens with zero attached hydrogens (tertiary/aromatic N) is 2. The first-order chi connectivity index (χ1) is 7.15. The van der Waals surface area contributed by atoms with Gasteiger partial charge >= 0.3 is 0 Å². The lowest BCUT2D eigenvalue weighted by Crippen LogP contribution is -1.84. The van der Waals surface area contributed by atoms with Gasteiger partial charge < -0.3 is 4.74 Å². The topological polar surface area (TPSA) is 35.0 Å². The minimum Gasteiger partial charge on any atom is -0.430 e. The molecule has 0 aliphatic carbocycles. The van der Waals surface area contributed by atoms with Crippen LogP contribution < -0.4 is 4.74 Å². The molecule has 0 saturated heterocycles. The zero-order chi connectivity index (χ0) is 10.8. The van der Waals surface area contributed by atoms with Gasteiger partial charge in [0.2, 0.25) is 0 Å². The van der Waals surface area contributed by atoms with Gasteiger partial charge in [-0.05, 0) is 58.0 Å². The molecule has 0 radical (unpaired) electrons. The van der Waals surface area contributed by atoms with E-state index in [-0.39, 0.29) is 0 Å². The van der Waals surface area contributed by atoms with Gasteiger partial charge in [0.1, 0.15) is 5.75 Å². The summed E-state index contributed by atoms with van der Waals surface area (Å²) in [4.78, 5) is 0. The van der Waals surface area contributed by atoms with Crippen LogP contribution in [-0.4, -0.2) is 10.2 Å². The van der Waals surface area contributed by atoms with Crippen LogP contribution in [0.25, 0.3) is 0 Å². The molecule has 0 amide bonds. The van der Waals surface area contributed by atoms with Gasteiger partial charge in [-0.2, -0.15) is 0 Å². The Bertz CT molecular complexity index is 487. The van der Waals surface area contributed by atoms with E-state index in [1.807, 2.05) is 25.1 Å². The fourth-order valence-electron chi connectivity index (χ4n) is 1.02. The first kappa shape index (κ1) is 11.0. The molecule has 6 heteroatoms. The van der Waals surface area contributed by atoms with Crippen molar-refractivity contribution in [1.29, 1.82) is 0 Å². The predicted molar refractivity (Wildman–Crippen MR) is 66.6 cm³/mol. The fraction of sp³-hybridized carbons (Fsp3) is 0.111.